The molecule has 0 aliphatic heterocycles. The molecule has 0 spiro atoms. The largest absolute Gasteiger partial charge is 0.369 e. The number of carbonyl (C=O) groups excluding carboxylic acids is 1. The summed E-state index contributed by atoms with van der Waals surface area (Å²) in [7, 11) is 0. The molecule has 108 valence electrons. The monoisotopic (exact) mass is 275 g/mol. The number of hydrogen-bond acceptors (Lipinski definition) is 4. The zero-order valence-corrected chi connectivity index (χ0v) is 12.6. The SMILES string of the molecule is Cc1ccnc2c1nc(N)n2C(C)C(=O)NC(C)(C)C. The highest BCUT2D eigenvalue weighted by Gasteiger charge is 2.24. The highest BCUT2D eigenvalue weighted by molar-refractivity contribution is 5.85. The van der Waals surface area contributed by atoms with Crippen molar-refractivity contribution >= 4 is 23.0 Å². The van der Waals surface area contributed by atoms with Gasteiger partial charge in [0.05, 0.1) is 0 Å². The number of nitrogen functional groups attached to an aromatic ring is 1. The molecule has 0 radical (unpaired) electrons. The Morgan fingerprint density at radius 3 is 2.70 bits per heavy atom. The molecular weight excluding hydrogens is 254 g/mol. The van der Waals surface area contributed by atoms with E-state index in [1.165, 1.54) is 0 Å². The number of imidazole rings is 1. The minimum Gasteiger partial charge on any atom is -0.369 e. The Bertz CT molecular complexity index is 653. The molecule has 0 saturated heterocycles. The number of carbonyl (C=O) groups is 1. The Balaban J connectivity index is 2.45. The van der Waals surface area contributed by atoms with Gasteiger partial charge in [-0.15, -0.1) is 0 Å². The number of amides is 1. The summed E-state index contributed by atoms with van der Waals surface area (Å²) in [6, 6.07) is 1.41. The maximum atomic E-state index is 12.3. The van der Waals surface area contributed by atoms with Crippen LogP contribution in [0.3, 0.4) is 0 Å². The van der Waals surface area contributed by atoms with Crippen molar-refractivity contribution in [1.82, 2.24) is 19.9 Å². The molecule has 2 aromatic heterocycles. The molecule has 3 N–H and O–H groups in total. The molecular formula is C14H21N5O. The second-order valence-electron chi connectivity index (χ2n) is 6.06. The van der Waals surface area contributed by atoms with E-state index in [9.17, 15) is 4.79 Å². The van der Waals surface area contributed by atoms with E-state index in [2.05, 4.69) is 15.3 Å². The molecule has 0 fully saturated rings. The standard InChI is InChI=1S/C14H21N5O/c1-8-6-7-16-11-10(8)17-13(15)19(11)9(2)12(20)18-14(3,4)5/h6-7,9H,1-5H3,(H2,15,17)(H,18,20). The smallest absolute Gasteiger partial charge is 0.243 e. The van der Waals surface area contributed by atoms with E-state index in [4.69, 9.17) is 5.73 Å². The van der Waals surface area contributed by atoms with E-state index in [0.29, 0.717) is 11.6 Å². The molecule has 0 aliphatic carbocycles. The van der Waals surface area contributed by atoms with E-state index in [-0.39, 0.29) is 11.4 Å². The molecule has 1 unspecified atom stereocenters. The average Bonchev–Trinajstić information content (AvgIpc) is 2.64. The summed E-state index contributed by atoms with van der Waals surface area (Å²) in [5.74, 6) is 0.199. The molecule has 1 amide bonds. The fourth-order valence-corrected chi connectivity index (χ4v) is 2.10. The third-order valence-corrected chi connectivity index (χ3v) is 3.07. The quantitative estimate of drug-likeness (QED) is 0.875. The number of aromatic nitrogens is 3. The van der Waals surface area contributed by atoms with Gasteiger partial charge in [-0.2, -0.15) is 0 Å². The summed E-state index contributed by atoms with van der Waals surface area (Å²) in [4.78, 5) is 20.9. The van der Waals surface area contributed by atoms with E-state index in [1.54, 1.807) is 17.7 Å². The predicted octanol–water partition coefficient (Wildman–Crippen LogP) is 1.80. The summed E-state index contributed by atoms with van der Waals surface area (Å²) >= 11 is 0. The van der Waals surface area contributed by atoms with Gasteiger partial charge >= 0.3 is 0 Å². The average molecular weight is 275 g/mol. The van der Waals surface area contributed by atoms with Gasteiger partial charge < -0.3 is 11.1 Å². The normalized spacial score (nSPS) is 13.4. The number of pyridine rings is 1. The van der Waals surface area contributed by atoms with Crippen LogP contribution in [0.4, 0.5) is 5.95 Å². The summed E-state index contributed by atoms with van der Waals surface area (Å²) in [6.07, 6.45) is 1.70. The van der Waals surface area contributed by atoms with E-state index in [0.717, 1.165) is 11.1 Å². The summed E-state index contributed by atoms with van der Waals surface area (Å²) in [5, 5.41) is 2.94. The highest BCUT2D eigenvalue weighted by atomic mass is 16.2. The van der Waals surface area contributed by atoms with Crippen LogP contribution in [0.2, 0.25) is 0 Å². The lowest BCUT2D eigenvalue weighted by atomic mass is 10.1. The Kier molecular flexibility index (Phi) is 3.41. The van der Waals surface area contributed by atoms with Crippen molar-refractivity contribution in [3.63, 3.8) is 0 Å². The van der Waals surface area contributed by atoms with Gasteiger partial charge in [0.25, 0.3) is 0 Å². The first-order valence-corrected chi connectivity index (χ1v) is 6.62. The Labute approximate surface area is 118 Å². The Morgan fingerprint density at radius 2 is 2.10 bits per heavy atom. The Hall–Kier alpha value is -2.11. The van der Waals surface area contributed by atoms with Crippen LogP contribution < -0.4 is 11.1 Å². The Morgan fingerprint density at radius 1 is 1.45 bits per heavy atom. The van der Waals surface area contributed by atoms with Gasteiger partial charge in [0.15, 0.2) is 5.65 Å². The summed E-state index contributed by atoms with van der Waals surface area (Å²) in [5.41, 5.74) is 8.03. The molecule has 0 aromatic carbocycles. The first kappa shape index (κ1) is 14.3. The third kappa shape index (κ3) is 2.59. The minimum absolute atomic E-state index is 0.105. The lowest BCUT2D eigenvalue weighted by Crippen LogP contribution is -2.43. The number of rotatable bonds is 2. The van der Waals surface area contributed by atoms with Crippen molar-refractivity contribution in [2.24, 2.45) is 0 Å². The molecule has 6 nitrogen and oxygen atoms in total. The van der Waals surface area contributed by atoms with Gasteiger partial charge in [-0.1, -0.05) is 0 Å². The first-order valence-electron chi connectivity index (χ1n) is 6.62. The zero-order chi connectivity index (χ0) is 15.1. The van der Waals surface area contributed by atoms with Crippen LogP contribution in [0, 0.1) is 6.92 Å². The van der Waals surface area contributed by atoms with Crippen LogP contribution in [0.1, 0.15) is 39.3 Å². The number of nitrogens with two attached hydrogens (primary N) is 1. The van der Waals surface area contributed by atoms with Crippen LogP contribution in [0.25, 0.3) is 11.2 Å². The van der Waals surface area contributed by atoms with Gasteiger partial charge in [-0.05, 0) is 46.2 Å². The fraction of sp³-hybridized carbons (Fsp3) is 0.500. The second-order valence-corrected chi connectivity index (χ2v) is 6.06. The van der Waals surface area contributed by atoms with Gasteiger partial charge in [0.2, 0.25) is 11.9 Å². The van der Waals surface area contributed by atoms with Crippen LogP contribution in [0.15, 0.2) is 12.3 Å². The van der Waals surface area contributed by atoms with Gasteiger partial charge in [0.1, 0.15) is 11.6 Å². The molecule has 0 saturated carbocycles. The number of hydrogen-bond donors (Lipinski definition) is 2. The van der Waals surface area contributed by atoms with E-state index >= 15 is 0 Å². The minimum atomic E-state index is -0.464. The first-order chi connectivity index (χ1) is 9.20. The molecule has 0 aliphatic rings. The van der Waals surface area contributed by atoms with Gasteiger partial charge in [-0.25, -0.2) is 9.97 Å². The van der Waals surface area contributed by atoms with Crippen molar-refractivity contribution in [3.8, 4) is 0 Å². The van der Waals surface area contributed by atoms with Crippen molar-refractivity contribution in [3.05, 3.63) is 17.8 Å². The second kappa shape index (κ2) is 4.77. The number of nitrogens with one attached hydrogen (secondary N) is 1. The van der Waals surface area contributed by atoms with Gasteiger partial charge in [0, 0.05) is 11.7 Å². The molecule has 1 atom stereocenters. The van der Waals surface area contributed by atoms with Crippen LogP contribution >= 0.6 is 0 Å². The number of anilines is 1. The third-order valence-electron chi connectivity index (χ3n) is 3.07. The van der Waals surface area contributed by atoms with Crippen molar-refractivity contribution in [2.45, 2.75) is 46.2 Å². The number of nitrogens with zero attached hydrogens (tertiary/aromatic N) is 3. The molecule has 20 heavy (non-hydrogen) atoms. The summed E-state index contributed by atoms with van der Waals surface area (Å²) < 4.78 is 1.67. The van der Waals surface area contributed by atoms with Crippen molar-refractivity contribution in [2.75, 3.05) is 5.73 Å². The molecule has 2 heterocycles. The van der Waals surface area contributed by atoms with Crippen LogP contribution in [-0.2, 0) is 4.79 Å². The number of aryl methyl sites for hydroxylation is 1. The van der Waals surface area contributed by atoms with Crippen molar-refractivity contribution in [1.29, 1.82) is 0 Å². The molecule has 2 rings (SSSR count). The fourth-order valence-electron chi connectivity index (χ4n) is 2.10. The van der Waals surface area contributed by atoms with Crippen LogP contribution in [-0.4, -0.2) is 26.0 Å². The van der Waals surface area contributed by atoms with Crippen LogP contribution in [0.5, 0.6) is 0 Å². The molecule has 6 heteroatoms. The van der Waals surface area contributed by atoms with E-state index in [1.807, 2.05) is 33.8 Å². The van der Waals surface area contributed by atoms with Crippen molar-refractivity contribution < 1.29 is 4.79 Å². The molecule has 2 aromatic rings. The van der Waals surface area contributed by atoms with Gasteiger partial charge in [-0.3, -0.25) is 9.36 Å². The zero-order valence-electron chi connectivity index (χ0n) is 12.6. The highest BCUT2D eigenvalue weighted by Crippen LogP contribution is 2.23. The van der Waals surface area contributed by atoms with E-state index < -0.39 is 6.04 Å². The maximum absolute atomic E-state index is 12.3. The lowest BCUT2D eigenvalue weighted by Gasteiger charge is -2.24. The molecule has 0 bridgehead atoms. The number of fused-ring (bicyclic) bond motifs is 1. The lowest BCUT2D eigenvalue weighted by molar-refractivity contribution is -0.125. The predicted molar refractivity (Wildman–Crippen MR) is 79.3 cm³/mol. The summed E-state index contributed by atoms with van der Waals surface area (Å²) in [6.45, 7) is 9.56. The topological polar surface area (TPSA) is 85.8 Å². The maximum Gasteiger partial charge on any atom is 0.243 e.